The van der Waals surface area contributed by atoms with Gasteiger partial charge in [-0.3, -0.25) is 4.79 Å². The Balaban J connectivity index is 1.76. The Kier molecular flexibility index (Phi) is 5.22. The molecule has 0 spiro atoms. The largest absolute Gasteiger partial charge is 0.459 e. The van der Waals surface area contributed by atoms with E-state index in [0.29, 0.717) is 24.0 Å². The molecule has 1 amide bonds. The molecule has 0 aliphatic carbocycles. The van der Waals surface area contributed by atoms with Gasteiger partial charge in [-0.15, -0.1) is 0 Å². The first kappa shape index (κ1) is 17.3. The molecule has 3 aromatic rings. The smallest absolute Gasteiger partial charge is 0.287 e. The molecule has 3 aromatic heterocycles. The molecule has 0 radical (unpaired) electrons. The second-order valence-electron chi connectivity index (χ2n) is 5.70. The number of aromatic nitrogens is 4. The molecule has 132 valence electrons. The Labute approximate surface area is 149 Å². The fourth-order valence-corrected chi connectivity index (χ4v) is 2.70. The lowest BCUT2D eigenvalue weighted by atomic mass is 10.3. The van der Waals surface area contributed by atoms with E-state index in [1.54, 1.807) is 23.0 Å². The lowest BCUT2D eigenvalue weighted by Crippen LogP contribution is -2.27. The molecule has 3 heterocycles. The zero-order chi connectivity index (χ0) is 17.8. The molecule has 0 bridgehead atoms. The quantitative estimate of drug-likeness (QED) is 0.493. The standard InChI is InChI=1S/C16H20N6O2S/c1-10(2)19-13-11-9-18-22(14(11)21-16(20-13)25-3)7-6-17-15(23)12-5-4-8-24-12/h4-5,8-10H,6-7H2,1-3H3,(H,17,23)(H,19,20,21). The van der Waals surface area contributed by atoms with Crippen LogP contribution in [0, 0.1) is 0 Å². The monoisotopic (exact) mass is 360 g/mol. The Morgan fingerprint density at radius 1 is 1.40 bits per heavy atom. The van der Waals surface area contributed by atoms with Gasteiger partial charge in [0.15, 0.2) is 16.6 Å². The molecule has 0 aliphatic heterocycles. The lowest BCUT2D eigenvalue weighted by molar-refractivity contribution is 0.0924. The summed E-state index contributed by atoms with van der Waals surface area (Å²) in [6.45, 7) is 5.03. The minimum atomic E-state index is -0.247. The van der Waals surface area contributed by atoms with Crippen molar-refractivity contribution >= 4 is 34.5 Å². The average Bonchev–Trinajstić information content (AvgIpc) is 3.24. The van der Waals surface area contributed by atoms with Gasteiger partial charge in [0.1, 0.15) is 5.82 Å². The topological polar surface area (TPSA) is 97.9 Å². The second-order valence-corrected chi connectivity index (χ2v) is 6.47. The molecule has 0 unspecified atom stereocenters. The van der Waals surface area contributed by atoms with Crippen LogP contribution in [0.3, 0.4) is 0 Å². The fraction of sp³-hybridized carbons (Fsp3) is 0.375. The number of hydrogen-bond acceptors (Lipinski definition) is 7. The number of nitrogens with one attached hydrogen (secondary N) is 2. The van der Waals surface area contributed by atoms with Crippen molar-refractivity contribution in [3.8, 4) is 0 Å². The molecular weight excluding hydrogens is 340 g/mol. The van der Waals surface area contributed by atoms with E-state index in [0.717, 1.165) is 16.9 Å². The predicted octanol–water partition coefficient (Wildman–Crippen LogP) is 2.39. The van der Waals surface area contributed by atoms with Crippen molar-refractivity contribution in [2.45, 2.75) is 31.6 Å². The van der Waals surface area contributed by atoms with Gasteiger partial charge in [-0.05, 0) is 32.2 Å². The SMILES string of the molecule is CSc1nc(NC(C)C)c2cnn(CCNC(=O)c3ccco3)c2n1. The number of hydrogen-bond donors (Lipinski definition) is 2. The van der Waals surface area contributed by atoms with Crippen molar-refractivity contribution in [2.24, 2.45) is 0 Å². The van der Waals surface area contributed by atoms with Gasteiger partial charge >= 0.3 is 0 Å². The van der Waals surface area contributed by atoms with E-state index in [9.17, 15) is 4.79 Å². The summed E-state index contributed by atoms with van der Waals surface area (Å²) in [6.07, 6.45) is 5.16. The zero-order valence-electron chi connectivity index (χ0n) is 14.3. The highest BCUT2D eigenvalue weighted by atomic mass is 32.2. The van der Waals surface area contributed by atoms with Crippen molar-refractivity contribution in [3.05, 3.63) is 30.4 Å². The fourth-order valence-electron chi connectivity index (χ4n) is 2.34. The number of anilines is 1. The summed E-state index contributed by atoms with van der Waals surface area (Å²) in [5.74, 6) is 0.819. The van der Waals surface area contributed by atoms with Crippen molar-refractivity contribution < 1.29 is 9.21 Å². The van der Waals surface area contributed by atoms with Crippen LogP contribution in [0.4, 0.5) is 5.82 Å². The summed E-state index contributed by atoms with van der Waals surface area (Å²) in [4.78, 5) is 21.0. The van der Waals surface area contributed by atoms with Crippen LogP contribution in [0.2, 0.25) is 0 Å². The molecular formula is C16H20N6O2S. The molecule has 0 saturated heterocycles. The first-order valence-electron chi connectivity index (χ1n) is 7.94. The first-order chi connectivity index (χ1) is 12.1. The molecule has 2 N–H and O–H groups in total. The van der Waals surface area contributed by atoms with Crippen molar-refractivity contribution in [2.75, 3.05) is 18.1 Å². The Hall–Kier alpha value is -2.55. The number of carbonyl (C=O) groups excluding carboxylic acids is 1. The number of thioether (sulfide) groups is 1. The molecule has 0 fully saturated rings. The number of furan rings is 1. The zero-order valence-corrected chi connectivity index (χ0v) is 15.1. The third kappa shape index (κ3) is 3.93. The van der Waals surface area contributed by atoms with Crippen LogP contribution in [0.15, 0.2) is 34.2 Å². The first-order valence-corrected chi connectivity index (χ1v) is 9.16. The van der Waals surface area contributed by atoms with E-state index < -0.39 is 0 Å². The molecule has 25 heavy (non-hydrogen) atoms. The summed E-state index contributed by atoms with van der Waals surface area (Å²) >= 11 is 1.48. The number of amides is 1. The molecule has 0 atom stereocenters. The van der Waals surface area contributed by atoms with Crippen LogP contribution < -0.4 is 10.6 Å². The van der Waals surface area contributed by atoms with Crippen LogP contribution in [-0.2, 0) is 6.54 Å². The van der Waals surface area contributed by atoms with Gasteiger partial charge in [-0.2, -0.15) is 5.10 Å². The molecule has 0 aliphatic rings. The van der Waals surface area contributed by atoms with Gasteiger partial charge in [0.2, 0.25) is 0 Å². The van der Waals surface area contributed by atoms with Crippen molar-refractivity contribution in [1.82, 2.24) is 25.1 Å². The Morgan fingerprint density at radius 3 is 2.92 bits per heavy atom. The highest BCUT2D eigenvalue weighted by molar-refractivity contribution is 7.98. The average molecular weight is 360 g/mol. The molecule has 0 aromatic carbocycles. The van der Waals surface area contributed by atoms with Gasteiger partial charge in [0.05, 0.1) is 24.4 Å². The normalized spacial score (nSPS) is 11.2. The summed E-state index contributed by atoms with van der Waals surface area (Å²) in [7, 11) is 0. The van der Waals surface area contributed by atoms with Gasteiger partial charge in [-0.1, -0.05) is 11.8 Å². The van der Waals surface area contributed by atoms with Crippen LogP contribution >= 0.6 is 11.8 Å². The van der Waals surface area contributed by atoms with Crippen LogP contribution in [0.1, 0.15) is 24.4 Å². The van der Waals surface area contributed by atoms with E-state index >= 15 is 0 Å². The minimum Gasteiger partial charge on any atom is -0.459 e. The summed E-state index contributed by atoms with van der Waals surface area (Å²) in [5.41, 5.74) is 0.745. The number of nitrogens with zero attached hydrogens (tertiary/aromatic N) is 4. The van der Waals surface area contributed by atoms with Crippen LogP contribution in [0.25, 0.3) is 11.0 Å². The lowest BCUT2D eigenvalue weighted by Gasteiger charge is -2.11. The third-order valence-electron chi connectivity index (χ3n) is 3.44. The summed E-state index contributed by atoms with van der Waals surface area (Å²) in [6, 6.07) is 3.56. The maximum absolute atomic E-state index is 11.9. The van der Waals surface area contributed by atoms with Crippen molar-refractivity contribution in [1.29, 1.82) is 0 Å². The Bertz CT molecular complexity index is 859. The van der Waals surface area contributed by atoms with E-state index in [-0.39, 0.29) is 11.9 Å². The highest BCUT2D eigenvalue weighted by Gasteiger charge is 2.14. The molecule has 3 rings (SSSR count). The summed E-state index contributed by atoms with van der Waals surface area (Å²) in [5, 5.41) is 12.1. The maximum atomic E-state index is 11.9. The van der Waals surface area contributed by atoms with Gasteiger partial charge in [0.25, 0.3) is 5.91 Å². The molecule has 0 saturated carbocycles. The Morgan fingerprint density at radius 2 is 2.24 bits per heavy atom. The predicted molar refractivity (Wildman–Crippen MR) is 96.9 cm³/mol. The number of fused-ring (bicyclic) bond motifs is 1. The van der Waals surface area contributed by atoms with Crippen LogP contribution in [0.5, 0.6) is 0 Å². The van der Waals surface area contributed by atoms with Crippen molar-refractivity contribution in [3.63, 3.8) is 0 Å². The van der Waals surface area contributed by atoms with Gasteiger partial charge in [0, 0.05) is 12.6 Å². The van der Waals surface area contributed by atoms with Crippen LogP contribution in [-0.4, -0.2) is 44.5 Å². The number of carbonyl (C=O) groups is 1. The number of rotatable bonds is 7. The minimum absolute atomic E-state index is 0.247. The van der Waals surface area contributed by atoms with E-state index in [2.05, 4.69) is 39.5 Å². The van der Waals surface area contributed by atoms with E-state index in [4.69, 9.17) is 4.42 Å². The highest BCUT2D eigenvalue weighted by Crippen LogP contribution is 2.23. The van der Waals surface area contributed by atoms with Gasteiger partial charge < -0.3 is 15.1 Å². The third-order valence-corrected chi connectivity index (χ3v) is 3.99. The maximum Gasteiger partial charge on any atom is 0.287 e. The van der Waals surface area contributed by atoms with E-state index in [1.165, 1.54) is 18.0 Å². The van der Waals surface area contributed by atoms with E-state index in [1.807, 2.05) is 6.26 Å². The summed E-state index contributed by atoms with van der Waals surface area (Å²) < 4.78 is 6.84. The molecule has 8 nitrogen and oxygen atoms in total. The molecule has 9 heteroatoms. The second kappa shape index (κ2) is 7.56. The van der Waals surface area contributed by atoms with Gasteiger partial charge in [-0.25, -0.2) is 14.6 Å².